The van der Waals surface area contributed by atoms with Gasteiger partial charge in [-0.2, -0.15) is 0 Å². The molecule has 3 rings (SSSR count). The SMILES string of the molecule is CN1CCC(Oc2cccc3c2C[C@H](N)CC3)CC1. The van der Waals surface area contributed by atoms with Gasteiger partial charge < -0.3 is 15.4 Å². The van der Waals surface area contributed by atoms with Crippen LogP contribution in [0.1, 0.15) is 30.4 Å². The summed E-state index contributed by atoms with van der Waals surface area (Å²) in [6.07, 6.45) is 5.81. The van der Waals surface area contributed by atoms with Crippen LogP contribution in [-0.4, -0.2) is 37.2 Å². The number of fused-ring (bicyclic) bond motifs is 1. The molecule has 1 saturated heterocycles. The quantitative estimate of drug-likeness (QED) is 0.883. The maximum Gasteiger partial charge on any atom is 0.123 e. The normalized spacial score (nSPS) is 25.1. The first-order valence-corrected chi connectivity index (χ1v) is 7.44. The average molecular weight is 260 g/mol. The van der Waals surface area contributed by atoms with Gasteiger partial charge in [-0.1, -0.05) is 12.1 Å². The highest BCUT2D eigenvalue weighted by Gasteiger charge is 2.22. The molecule has 3 heteroatoms. The van der Waals surface area contributed by atoms with E-state index in [0.29, 0.717) is 12.1 Å². The van der Waals surface area contributed by atoms with E-state index in [9.17, 15) is 0 Å². The first kappa shape index (κ1) is 12.9. The van der Waals surface area contributed by atoms with Crippen LogP contribution in [0.3, 0.4) is 0 Å². The van der Waals surface area contributed by atoms with E-state index in [4.69, 9.17) is 10.5 Å². The molecule has 1 fully saturated rings. The van der Waals surface area contributed by atoms with Gasteiger partial charge in [0.1, 0.15) is 11.9 Å². The number of nitrogens with zero attached hydrogens (tertiary/aromatic N) is 1. The summed E-state index contributed by atoms with van der Waals surface area (Å²) in [6, 6.07) is 6.77. The van der Waals surface area contributed by atoms with Gasteiger partial charge in [-0.05, 0) is 56.3 Å². The number of ether oxygens (including phenoxy) is 1. The van der Waals surface area contributed by atoms with E-state index in [-0.39, 0.29) is 0 Å². The van der Waals surface area contributed by atoms with Crippen LogP contribution in [-0.2, 0) is 12.8 Å². The van der Waals surface area contributed by atoms with Crippen molar-refractivity contribution < 1.29 is 4.74 Å². The molecule has 2 aliphatic rings. The van der Waals surface area contributed by atoms with Crippen LogP contribution in [0.2, 0.25) is 0 Å². The van der Waals surface area contributed by atoms with Crippen molar-refractivity contribution in [3.8, 4) is 5.75 Å². The first-order valence-electron chi connectivity index (χ1n) is 7.44. The molecule has 1 aromatic rings. The minimum atomic E-state index is 0.301. The maximum atomic E-state index is 6.27. The Labute approximate surface area is 115 Å². The maximum absolute atomic E-state index is 6.27. The fraction of sp³-hybridized carbons (Fsp3) is 0.625. The second-order valence-corrected chi connectivity index (χ2v) is 6.02. The summed E-state index contributed by atoms with van der Waals surface area (Å²) < 4.78 is 6.27. The molecule has 0 saturated carbocycles. The average Bonchev–Trinajstić information content (AvgIpc) is 2.42. The molecule has 19 heavy (non-hydrogen) atoms. The van der Waals surface area contributed by atoms with Gasteiger partial charge in [-0.15, -0.1) is 0 Å². The van der Waals surface area contributed by atoms with Gasteiger partial charge in [0, 0.05) is 19.1 Å². The van der Waals surface area contributed by atoms with Gasteiger partial charge in [-0.25, -0.2) is 0 Å². The molecule has 0 amide bonds. The summed E-state index contributed by atoms with van der Waals surface area (Å²) in [5.74, 6) is 1.09. The van der Waals surface area contributed by atoms with Crippen LogP contribution < -0.4 is 10.5 Å². The van der Waals surface area contributed by atoms with E-state index in [0.717, 1.165) is 50.9 Å². The van der Waals surface area contributed by atoms with E-state index in [1.54, 1.807) is 0 Å². The number of likely N-dealkylation sites (tertiary alicyclic amines) is 1. The number of piperidine rings is 1. The summed E-state index contributed by atoms with van der Waals surface area (Å²) in [6.45, 7) is 2.28. The zero-order chi connectivity index (χ0) is 13.2. The van der Waals surface area contributed by atoms with Crippen molar-refractivity contribution in [1.29, 1.82) is 0 Å². The van der Waals surface area contributed by atoms with Crippen molar-refractivity contribution in [2.45, 2.75) is 44.2 Å². The number of aryl methyl sites for hydroxylation is 1. The van der Waals surface area contributed by atoms with Gasteiger partial charge in [0.25, 0.3) is 0 Å². The molecule has 1 aliphatic heterocycles. The van der Waals surface area contributed by atoms with E-state index in [1.807, 2.05) is 0 Å². The fourth-order valence-corrected chi connectivity index (χ4v) is 3.17. The monoisotopic (exact) mass is 260 g/mol. The minimum absolute atomic E-state index is 0.301. The lowest BCUT2D eigenvalue weighted by molar-refractivity contribution is 0.113. The summed E-state index contributed by atoms with van der Waals surface area (Å²) in [5.41, 5.74) is 8.91. The first-order chi connectivity index (χ1) is 9.22. The van der Waals surface area contributed by atoms with Crippen molar-refractivity contribution in [1.82, 2.24) is 4.90 Å². The molecule has 104 valence electrons. The number of hydrogen-bond acceptors (Lipinski definition) is 3. The molecule has 0 aromatic heterocycles. The van der Waals surface area contributed by atoms with Gasteiger partial charge in [0.2, 0.25) is 0 Å². The predicted octanol–water partition coefficient (Wildman–Crippen LogP) is 1.98. The van der Waals surface area contributed by atoms with Crippen molar-refractivity contribution in [2.24, 2.45) is 5.73 Å². The Balaban J connectivity index is 1.74. The molecule has 1 heterocycles. The van der Waals surface area contributed by atoms with Gasteiger partial charge in [0.05, 0.1) is 0 Å². The molecule has 1 aliphatic carbocycles. The predicted molar refractivity (Wildman–Crippen MR) is 77.6 cm³/mol. The molecule has 1 aromatic carbocycles. The van der Waals surface area contributed by atoms with Crippen molar-refractivity contribution in [3.05, 3.63) is 29.3 Å². The summed E-state index contributed by atoms with van der Waals surface area (Å²) in [5, 5.41) is 0. The molecule has 1 atom stereocenters. The number of nitrogens with two attached hydrogens (primary N) is 1. The number of benzene rings is 1. The van der Waals surface area contributed by atoms with E-state index >= 15 is 0 Å². The number of rotatable bonds is 2. The molecule has 0 spiro atoms. The van der Waals surface area contributed by atoms with E-state index in [2.05, 4.69) is 30.1 Å². The van der Waals surface area contributed by atoms with Gasteiger partial charge in [0.15, 0.2) is 0 Å². The minimum Gasteiger partial charge on any atom is -0.490 e. The lowest BCUT2D eigenvalue weighted by atomic mass is 9.88. The lowest BCUT2D eigenvalue weighted by Crippen LogP contribution is -2.36. The molecular formula is C16H24N2O. The van der Waals surface area contributed by atoms with Crippen molar-refractivity contribution in [2.75, 3.05) is 20.1 Å². The Morgan fingerprint density at radius 1 is 1.21 bits per heavy atom. The van der Waals surface area contributed by atoms with Gasteiger partial charge >= 0.3 is 0 Å². The second-order valence-electron chi connectivity index (χ2n) is 6.02. The molecule has 3 nitrogen and oxygen atoms in total. The molecular weight excluding hydrogens is 236 g/mol. The lowest BCUT2D eigenvalue weighted by Gasteiger charge is -2.31. The standard InChI is InChI=1S/C16H24N2O/c1-18-9-7-14(8-10-18)19-16-4-2-3-12-5-6-13(17)11-15(12)16/h2-4,13-14H,5-11,17H2,1H3/t13-/m1/s1. The van der Waals surface area contributed by atoms with Crippen LogP contribution >= 0.6 is 0 Å². The van der Waals surface area contributed by atoms with Crippen molar-refractivity contribution in [3.63, 3.8) is 0 Å². The Morgan fingerprint density at radius 3 is 2.79 bits per heavy atom. The molecule has 0 bridgehead atoms. The second kappa shape index (κ2) is 5.51. The summed E-state index contributed by atoms with van der Waals surface area (Å²) in [7, 11) is 2.18. The fourth-order valence-electron chi connectivity index (χ4n) is 3.17. The third kappa shape index (κ3) is 2.93. The Bertz CT molecular complexity index is 438. The van der Waals surface area contributed by atoms with Crippen LogP contribution in [0.5, 0.6) is 5.75 Å². The van der Waals surface area contributed by atoms with E-state index in [1.165, 1.54) is 11.1 Å². The highest BCUT2D eigenvalue weighted by molar-refractivity contribution is 5.42. The number of hydrogen-bond donors (Lipinski definition) is 1. The van der Waals surface area contributed by atoms with Crippen LogP contribution in [0.15, 0.2) is 18.2 Å². The molecule has 0 radical (unpaired) electrons. The zero-order valence-electron chi connectivity index (χ0n) is 11.8. The molecule has 0 unspecified atom stereocenters. The zero-order valence-corrected chi connectivity index (χ0v) is 11.8. The van der Waals surface area contributed by atoms with Crippen LogP contribution in [0, 0.1) is 0 Å². The smallest absolute Gasteiger partial charge is 0.123 e. The van der Waals surface area contributed by atoms with Crippen LogP contribution in [0.4, 0.5) is 0 Å². The Morgan fingerprint density at radius 2 is 2.00 bits per heavy atom. The van der Waals surface area contributed by atoms with Crippen molar-refractivity contribution >= 4 is 0 Å². The van der Waals surface area contributed by atoms with E-state index < -0.39 is 0 Å². The Kier molecular flexibility index (Phi) is 3.76. The highest BCUT2D eigenvalue weighted by atomic mass is 16.5. The van der Waals surface area contributed by atoms with Gasteiger partial charge in [-0.3, -0.25) is 0 Å². The van der Waals surface area contributed by atoms with Crippen LogP contribution in [0.25, 0.3) is 0 Å². The topological polar surface area (TPSA) is 38.5 Å². The summed E-state index contributed by atoms with van der Waals surface area (Å²) in [4.78, 5) is 2.37. The third-order valence-electron chi connectivity index (χ3n) is 4.44. The summed E-state index contributed by atoms with van der Waals surface area (Å²) >= 11 is 0. The Hall–Kier alpha value is -1.06. The molecule has 2 N–H and O–H groups in total. The highest BCUT2D eigenvalue weighted by Crippen LogP contribution is 2.31. The third-order valence-corrected chi connectivity index (χ3v) is 4.44. The largest absolute Gasteiger partial charge is 0.490 e.